The van der Waals surface area contributed by atoms with E-state index in [4.69, 9.17) is 9.84 Å². The normalized spacial score (nSPS) is 22.4. The number of aromatic nitrogens is 1. The summed E-state index contributed by atoms with van der Waals surface area (Å²) in [5, 5.41) is 14.0. The summed E-state index contributed by atoms with van der Waals surface area (Å²) in [6.45, 7) is 1.85. The van der Waals surface area contributed by atoms with Gasteiger partial charge in [-0.05, 0) is 32.6 Å². The minimum absolute atomic E-state index is 0.0129. The molecule has 110 valence electrons. The number of ether oxygens (including phenoxy) is 1. The Morgan fingerprint density at radius 3 is 2.70 bits per heavy atom. The van der Waals surface area contributed by atoms with Gasteiger partial charge in [0, 0.05) is 5.38 Å². The number of carboxylic acid groups (broad SMARTS) is 1. The number of carbonyl (C=O) groups excluding carboxylic acids is 1. The number of rotatable bonds is 5. The lowest BCUT2D eigenvalue weighted by Gasteiger charge is -2.25. The van der Waals surface area contributed by atoms with E-state index in [1.165, 1.54) is 11.3 Å². The van der Waals surface area contributed by atoms with E-state index in [-0.39, 0.29) is 24.5 Å². The fourth-order valence-electron chi connectivity index (χ4n) is 2.24. The van der Waals surface area contributed by atoms with E-state index < -0.39 is 5.97 Å². The first-order valence-electron chi connectivity index (χ1n) is 6.61. The Balaban J connectivity index is 1.68. The van der Waals surface area contributed by atoms with E-state index in [2.05, 4.69) is 10.3 Å². The molecule has 0 spiro atoms. The van der Waals surface area contributed by atoms with Gasteiger partial charge in [0.15, 0.2) is 5.13 Å². The van der Waals surface area contributed by atoms with Crippen LogP contribution < -0.4 is 5.32 Å². The van der Waals surface area contributed by atoms with Crippen molar-refractivity contribution in [3.63, 3.8) is 0 Å². The lowest BCUT2D eigenvalue weighted by Crippen LogP contribution is -2.29. The van der Waals surface area contributed by atoms with Crippen LogP contribution in [-0.2, 0) is 14.3 Å². The molecule has 1 aromatic heterocycles. The zero-order valence-corrected chi connectivity index (χ0v) is 12.1. The maximum atomic E-state index is 11.7. The zero-order chi connectivity index (χ0) is 14.5. The summed E-state index contributed by atoms with van der Waals surface area (Å²) in [5.74, 6) is -1.22. The largest absolute Gasteiger partial charge is 0.481 e. The molecule has 1 fully saturated rings. The Labute approximate surface area is 121 Å². The highest BCUT2D eigenvalue weighted by atomic mass is 32.1. The summed E-state index contributed by atoms with van der Waals surface area (Å²) in [6.07, 6.45) is 2.61. The van der Waals surface area contributed by atoms with Crippen molar-refractivity contribution in [2.75, 3.05) is 11.9 Å². The van der Waals surface area contributed by atoms with Crippen LogP contribution in [-0.4, -0.2) is 34.7 Å². The minimum Gasteiger partial charge on any atom is -0.481 e. The molecule has 1 saturated carbocycles. The Kier molecular flexibility index (Phi) is 5.08. The molecule has 1 amide bonds. The molecule has 0 aliphatic heterocycles. The predicted octanol–water partition coefficient (Wildman–Crippen LogP) is 2.05. The van der Waals surface area contributed by atoms with Gasteiger partial charge >= 0.3 is 5.97 Å². The highest BCUT2D eigenvalue weighted by Crippen LogP contribution is 2.26. The zero-order valence-electron chi connectivity index (χ0n) is 11.3. The monoisotopic (exact) mass is 298 g/mol. The number of nitrogens with one attached hydrogen (secondary N) is 1. The van der Waals surface area contributed by atoms with Crippen molar-refractivity contribution in [1.82, 2.24) is 4.98 Å². The summed E-state index contributed by atoms with van der Waals surface area (Å²) in [7, 11) is 0. The van der Waals surface area contributed by atoms with Crippen LogP contribution in [0.15, 0.2) is 5.38 Å². The number of aliphatic carboxylic acids is 1. The molecule has 0 unspecified atom stereocenters. The lowest BCUT2D eigenvalue weighted by molar-refractivity contribution is -0.144. The summed E-state index contributed by atoms with van der Waals surface area (Å²) >= 11 is 1.38. The number of carbonyl (C=O) groups is 2. The number of amides is 1. The molecule has 20 heavy (non-hydrogen) atoms. The summed E-state index contributed by atoms with van der Waals surface area (Å²) in [6, 6.07) is 0. The van der Waals surface area contributed by atoms with Crippen molar-refractivity contribution >= 4 is 28.3 Å². The molecule has 0 saturated heterocycles. The van der Waals surface area contributed by atoms with E-state index in [0.717, 1.165) is 5.69 Å². The Bertz CT molecular complexity index is 480. The molecular weight excluding hydrogens is 280 g/mol. The van der Waals surface area contributed by atoms with Gasteiger partial charge in [0.25, 0.3) is 5.91 Å². The second-order valence-corrected chi connectivity index (χ2v) is 5.82. The molecule has 0 bridgehead atoms. The quantitative estimate of drug-likeness (QED) is 0.868. The molecule has 0 atom stereocenters. The molecule has 1 aliphatic carbocycles. The van der Waals surface area contributed by atoms with E-state index in [9.17, 15) is 9.59 Å². The first kappa shape index (κ1) is 14.9. The standard InChI is InChI=1S/C13H18N2O4S/c1-8-7-20-13(14-8)15-11(16)6-19-10-4-2-9(3-5-10)12(17)18/h7,9-10H,2-6H2,1H3,(H,17,18)(H,14,15,16). The van der Waals surface area contributed by atoms with Gasteiger partial charge in [0.05, 0.1) is 17.7 Å². The number of aryl methyl sites for hydroxylation is 1. The summed E-state index contributed by atoms with van der Waals surface area (Å²) < 4.78 is 5.52. The van der Waals surface area contributed by atoms with Gasteiger partial charge in [-0.15, -0.1) is 11.3 Å². The highest BCUT2D eigenvalue weighted by molar-refractivity contribution is 7.13. The van der Waals surface area contributed by atoms with Crippen molar-refractivity contribution in [3.05, 3.63) is 11.1 Å². The van der Waals surface area contributed by atoms with Gasteiger partial charge in [0.2, 0.25) is 0 Å². The molecule has 1 aromatic rings. The van der Waals surface area contributed by atoms with Crippen molar-refractivity contribution in [2.45, 2.75) is 38.7 Å². The average molecular weight is 298 g/mol. The fourth-order valence-corrected chi connectivity index (χ4v) is 2.94. The van der Waals surface area contributed by atoms with Crippen LogP contribution in [0.1, 0.15) is 31.4 Å². The lowest BCUT2D eigenvalue weighted by atomic mass is 9.87. The summed E-state index contributed by atoms with van der Waals surface area (Å²) in [4.78, 5) is 26.6. The molecule has 0 radical (unpaired) electrons. The molecule has 2 rings (SSSR count). The van der Waals surface area contributed by atoms with Crippen molar-refractivity contribution in [3.8, 4) is 0 Å². The van der Waals surface area contributed by atoms with Crippen LogP contribution in [0.5, 0.6) is 0 Å². The fraction of sp³-hybridized carbons (Fsp3) is 0.615. The van der Waals surface area contributed by atoms with Crippen molar-refractivity contribution in [2.24, 2.45) is 5.92 Å². The molecular formula is C13H18N2O4S. The molecule has 6 nitrogen and oxygen atoms in total. The van der Waals surface area contributed by atoms with E-state index in [1.54, 1.807) is 0 Å². The van der Waals surface area contributed by atoms with Gasteiger partial charge in [-0.3, -0.25) is 14.9 Å². The highest BCUT2D eigenvalue weighted by Gasteiger charge is 2.26. The minimum atomic E-state index is -0.736. The summed E-state index contributed by atoms with van der Waals surface area (Å²) in [5.41, 5.74) is 0.873. The van der Waals surface area contributed by atoms with Crippen LogP contribution in [0.2, 0.25) is 0 Å². The topological polar surface area (TPSA) is 88.5 Å². The second-order valence-electron chi connectivity index (χ2n) is 4.97. The molecule has 1 heterocycles. The maximum Gasteiger partial charge on any atom is 0.306 e. The van der Waals surface area contributed by atoms with E-state index >= 15 is 0 Å². The van der Waals surface area contributed by atoms with Gasteiger partial charge in [-0.2, -0.15) is 0 Å². The molecule has 1 aliphatic rings. The van der Waals surface area contributed by atoms with E-state index in [1.807, 2.05) is 12.3 Å². The van der Waals surface area contributed by atoms with Gasteiger partial charge < -0.3 is 9.84 Å². The Morgan fingerprint density at radius 1 is 1.45 bits per heavy atom. The Hall–Kier alpha value is -1.47. The van der Waals surface area contributed by atoms with Crippen LogP contribution in [0, 0.1) is 12.8 Å². The molecule has 0 aromatic carbocycles. The van der Waals surface area contributed by atoms with Crippen LogP contribution in [0.3, 0.4) is 0 Å². The first-order valence-corrected chi connectivity index (χ1v) is 7.49. The number of carboxylic acids is 1. The molecule has 7 heteroatoms. The smallest absolute Gasteiger partial charge is 0.306 e. The maximum absolute atomic E-state index is 11.7. The van der Waals surface area contributed by atoms with Gasteiger partial charge in [-0.25, -0.2) is 4.98 Å². The second kappa shape index (κ2) is 6.81. The van der Waals surface area contributed by atoms with Crippen LogP contribution in [0.25, 0.3) is 0 Å². The Morgan fingerprint density at radius 2 is 2.15 bits per heavy atom. The van der Waals surface area contributed by atoms with Crippen LogP contribution >= 0.6 is 11.3 Å². The SMILES string of the molecule is Cc1csc(NC(=O)COC2CCC(C(=O)O)CC2)n1. The number of hydrogen-bond donors (Lipinski definition) is 2. The third-order valence-electron chi connectivity index (χ3n) is 3.34. The van der Waals surface area contributed by atoms with Crippen LogP contribution in [0.4, 0.5) is 5.13 Å². The average Bonchev–Trinajstić information content (AvgIpc) is 2.82. The third kappa shape index (κ3) is 4.28. The van der Waals surface area contributed by atoms with E-state index in [0.29, 0.717) is 30.8 Å². The number of nitrogens with zero attached hydrogens (tertiary/aromatic N) is 1. The first-order chi connectivity index (χ1) is 9.54. The van der Waals surface area contributed by atoms with Gasteiger partial charge in [0.1, 0.15) is 6.61 Å². The molecule has 2 N–H and O–H groups in total. The van der Waals surface area contributed by atoms with Gasteiger partial charge in [-0.1, -0.05) is 0 Å². The third-order valence-corrected chi connectivity index (χ3v) is 4.21. The number of hydrogen-bond acceptors (Lipinski definition) is 5. The number of anilines is 1. The number of thiazole rings is 1. The predicted molar refractivity (Wildman–Crippen MR) is 74.8 cm³/mol. The van der Waals surface area contributed by atoms with Crippen molar-refractivity contribution in [1.29, 1.82) is 0 Å². The van der Waals surface area contributed by atoms with Crippen molar-refractivity contribution < 1.29 is 19.4 Å².